The highest BCUT2D eigenvalue weighted by Crippen LogP contribution is 2.24. The van der Waals surface area contributed by atoms with Crippen LogP contribution in [0.25, 0.3) is 0 Å². The van der Waals surface area contributed by atoms with Crippen LogP contribution in [0.3, 0.4) is 0 Å². The number of carbonyl (C=O) groups excluding carboxylic acids is 1. The van der Waals surface area contributed by atoms with Gasteiger partial charge in [-0.3, -0.25) is 0 Å². The lowest BCUT2D eigenvalue weighted by atomic mass is 9.87. The number of fused-ring (bicyclic) bond motifs is 1. The molecule has 16 heavy (non-hydrogen) atoms. The molecule has 1 aliphatic carbocycles. The monoisotopic (exact) mass is 223 g/mol. The molecule has 1 aliphatic rings. The number of methoxy groups -OCH3 is 1. The maximum atomic E-state index is 13.6. The van der Waals surface area contributed by atoms with Gasteiger partial charge in [0, 0.05) is 6.04 Å². The molecule has 86 valence electrons. The Morgan fingerprint density at radius 3 is 2.94 bits per heavy atom. The molecule has 0 spiro atoms. The van der Waals surface area contributed by atoms with Gasteiger partial charge in [-0.05, 0) is 42.5 Å². The minimum Gasteiger partial charge on any atom is -0.465 e. The summed E-state index contributed by atoms with van der Waals surface area (Å²) < 4.78 is 18.1. The van der Waals surface area contributed by atoms with E-state index in [1.165, 1.54) is 13.2 Å². The van der Waals surface area contributed by atoms with Crippen LogP contribution in [0, 0.1) is 5.82 Å². The topological polar surface area (TPSA) is 52.3 Å². The first-order chi connectivity index (χ1) is 7.61. The summed E-state index contributed by atoms with van der Waals surface area (Å²) in [5.74, 6) is -1.15. The number of hydrogen-bond acceptors (Lipinski definition) is 3. The number of halogens is 1. The first-order valence-electron chi connectivity index (χ1n) is 5.27. The van der Waals surface area contributed by atoms with Gasteiger partial charge in [0.25, 0.3) is 0 Å². The Bertz CT molecular complexity index is 431. The quantitative estimate of drug-likeness (QED) is 0.733. The molecule has 3 nitrogen and oxygen atoms in total. The van der Waals surface area contributed by atoms with Gasteiger partial charge in [0.1, 0.15) is 5.82 Å². The summed E-state index contributed by atoms with van der Waals surface area (Å²) in [5.41, 5.74) is 7.74. The van der Waals surface area contributed by atoms with Gasteiger partial charge in [-0.15, -0.1) is 0 Å². The van der Waals surface area contributed by atoms with Gasteiger partial charge in [0.15, 0.2) is 0 Å². The van der Waals surface area contributed by atoms with Gasteiger partial charge in [-0.1, -0.05) is 0 Å². The lowest BCUT2D eigenvalue weighted by molar-refractivity contribution is 0.0595. The number of benzene rings is 1. The van der Waals surface area contributed by atoms with E-state index in [1.54, 1.807) is 6.07 Å². The Kier molecular flexibility index (Phi) is 2.92. The zero-order valence-electron chi connectivity index (χ0n) is 9.13. The molecule has 1 aromatic rings. The molecule has 0 unspecified atom stereocenters. The Morgan fingerprint density at radius 2 is 2.25 bits per heavy atom. The summed E-state index contributed by atoms with van der Waals surface area (Å²) in [4.78, 5) is 11.3. The highest BCUT2D eigenvalue weighted by atomic mass is 19.1. The Hall–Kier alpha value is -1.42. The Morgan fingerprint density at radius 1 is 1.50 bits per heavy atom. The zero-order valence-corrected chi connectivity index (χ0v) is 9.13. The molecule has 0 saturated heterocycles. The molecule has 0 saturated carbocycles. The molecule has 2 N–H and O–H groups in total. The third-order valence-corrected chi connectivity index (χ3v) is 2.96. The first kappa shape index (κ1) is 11.1. The number of aryl methyl sites for hydroxylation is 1. The van der Waals surface area contributed by atoms with E-state index in [9.17, 15) is 9.18 Å². The van der Waals surface area contributed by atoms with Crippen LogP contribution in [-0.2, 0) is 17.6 Å². The van der Waals surface area contributed by atoms with Crippen molar-refractivity contribution >= 4 is 5.97 Å². The standard InChI is InChI=1S/C12H14FNO2/c1-16-12(15)10-5-8-4-9(14)3-2-7(8)6-11(10)13/h5-6,9H,2-4,14H2,1H3/t9-/m1/s1. The summed E-state index contributed by atoms with van der Waals surface area (Å²) in [7, 11) is 1.24. The molecule has 0 amide bonds. The van der Waals surface area contributed by atoms with E-state index in [0.717, 1.165) is 24.0 Å². The fourth-order valence-corrected chi connectivity index (χ4v) is 2.07. The Balaban J connectivity index is 2.43. The number of ether oxygens (including phenoxy) is 1. The van der Waals surface area contributed by atoms with Crippen LogP contribution in [0.4, 0.5) is 4.39 Å². The summed E-state index contributed by atoms with van der Waals surface area (Å²) in [6, 6.07) is 3.09. The fourth-order valence-electron chi connectivity index (χ4n) is 2.07. The first-order valence-corrected chi connectivity index (χ1v) is 5.27. The zero-order chi connectivity index (χ0) is 11.7. The minimum atomic E-state index is -0.639. The molecule has 0 aliphatic heterocycles. The summed E-state index contributed by atoms with van der Waals surface area (Å²) in [6.07, 6.45) is 2.33. The van der Waals surface area contributed by atoms with E-state index in [2.05, 4.69) is 4.74 Å². The summed E-state index contributed by atoms with van der Waals surface area (Å²) in [6.45, 7) is 0. The van der Waals surface area contributed by atoms with Crippen molar-refractivity contribution in [2.24, 2.45) is 5.73 Å². The van der Waals surface area contributed by atoms with Crippen LogP contribution < -0.4 is 5.73 Å². The third-order valence-electron chi connectivity index (χ3n) is 2.96. The van der Waals surface area contributed by atoms with E-state index in [-0.39, 0.29) is 11.6 Å². The van der Waals surface area contributed by atoms with Crippen molar-refractivity contribution in [1.29, 1.82) is 0 Å². The Labute approximate surface area is 93.4 Å². The lowest BCUT2D eigenvalue weighted by Gasteiger charge is -2.22. The van der Waals surface area contributed by atoms with Gasteiger partial charge >= 0.3 is 5.97 Å². The molecule has 0 fully saturated rings. The van der Waals surface area contributed by atoms with E-state index in [4.69, 9.17) is 5.73 Å². The summed E-state index contributed by atoms with van der Waals surface area (Å²) >= 11 is 0. The predicted octanol–water partition coefficient (Wildman–Crippen LogP) is 1.43. The molecule has 1 aromatic carbocycles. The molecular formula is C12H14FNO2. The molecule has 0 bridgehead atoms. The van der Waals surface area contributed by atoms with Gasteiger partial charge in [-0.25, -0.2) is 9.18 Å². The van der Waals surface area contributed by atoms with Crippen LogP contribution in [0.15, 0.2) is 12.1 Å². The van der Waals surface area contributed by atoms with Crippen molar-refractivity contribution in [2.45, 2.75) is 25.3 Å². The average Bonchev–Trinajstić information content (AvgIpc) is 2.28. The van der Waals surface area contributed by atoms with E-state index < -0.39 is 11.8 Å². The second-order valence-corrected chi connectivity index (χ2v) is 4.10. The SMILES string of the molecule is COC(=O)c1cc2c(cc1F)CC[C@@H](N)C2. The van der Waals surface area contributed by atoms with E-state index in [0.29, 0.717) is 6.42 Å². The van der Waals surface area contributed by atoms with Crippen LogP contribution in [0.1, 0.15) is 27.9 Å². The largest absolute Gasteiger partial charge is 0.465 e. The van der Waals surface area contributed by atoms with E-state index in [1.807, 2.05) is 0 Å². The highest BCUT2D eigenvalue weighted by Gasteiger charge is 2.20. The maximum absolute atomic E-state index is 13.6. The van der Waals surface area contributed by atoms with Crippen molar-refractivity contribution in [3.8, 4) is 0 Å². The molecule has 4 heteroatoms. The fraction of sp³-hybridized carbons (Fsp3) is 0.417. The number of hydrogen-bond donors (Lipinski definition) is 1. The van der Waals surface area contributed by atoms with Crippen LogP contribution in [-0.4, -0.2) is 19.1 Å². The van der Waals surface area contributed by atoms with Gasteiger partial charge in [0.05, 0.1) is 12.7 Å². The minimum absolute atomic E-state index is 0.00431. The van der Waals surface area contributed by atoms with E-state index >= 15 is 0 Å². The van der Waals surface area contributed by atoms with Crippen molar-refractivity contribution in [3.63, 3.8) is 0 Å². The number of esters is 1. The van der Waals surface area contributed by atoms with Gasteiger partial charge < -0.3 is 10.5 Å². The van der Waals surface area contributed by atoms with Crippen LogP contribution in [0.5, 0.6) is 0 Å². The highest BCUT2D eigenvalue weighted by molar-refractivity contribution is 5.90. The third kappa shape index (κ3) is 1.93. The van der Waals surface area contributed by atoms with Gasteiger partial charge in [0.2, 0.25) is 0 Å². The number of carbonyl (C=O) groups is 1. The molecule has 0 heterocycles. The predicted molar refractivity (Wildman–Crippen MR) is 57.7 cm³/mol. The lowest BCUT2D eigenvalue weighted by Crippen LogP contribution is -2.28. The molecule has 2 rings (SSSR count). The van der Waals surface area contributed by atoms with Crippen molar-refractivity contribution in [3.05, 3.63) is 34.6 Å². The molecule has 1 atom stereocenters. The van der Waals surface area contributed by atoms with Crippen LogP contribution >= 0.6 is 0 Å². The average molecular weight is 223 g/mol. The second-order valence-electron chi connectivity index (χ2n) is 4.10. The molecule has 0 aromatic heterocycles. The second kappa shape index (κ2) is 4.22. The number of nitrogens with two attached hydrogens (primary N) is 1. The van der Waals surface area contributed by atoms with Gasteiger partial charge in [-0.2, -0.15) is 0 Å². The normalized spacial score (nSPS) is 19.1. The summed E-state index contributed by atoms with van der Waals surface area (Å²) in [5, 5.41) is 0. The maximum Gasteiger partial charge on any atom is 0.340 e. The van der Waals surface area contributed by atoms with Crippen molar-refractivity contribution < 1.29 is 13.9 Å². The molecule has 0 radical (unpaired) electrons. The van der Waals surface area contributed by atoms with Crippen LogP contribution in [0.2, 0.25) is 0 Å². The van der Waals surface area contributed by atoms with Crippen molar-refractivity contribution in [2.75, 3.05) is 7.11 Å². The smallest absolute Gasteiger partial charge is 0.340 e. The molecular weight excluding hydrogens is 209 g/mol. The number of rotatable bonds is 1. The van der Waals surface area contributed by atoms with Crippen molar-refractivity contribution in [1.82, 2.24) is 0 Å².